The van der Waals surface area contributed by atoms with Crippen LogP contribution in [-0.4, -0.2) is 30.0 Å². The maximum atomic E-state index is 9.04. The van der Waals surface area contributed by atoms with E-state index in [2.05, 4.69) is 35.0 Å². The molecule has 0 spiro atoms. The molecule has 5 heteroatoms. The first-order valence-corrected chi connectivity index (χ1v) is 7.55. The minimum Gasteiger partial charge on any atom is -0.383 e. The van der Waals surface area contributed by atoms with Crippen molar-refractivity contribution in [2.45, 2.75) is 53.6 Å². The van der Waals surface area contributed by atoms with Crippen molar-refractivity contribution in [1.82, 2.24) is 15.1 Å². The minimum atomic E-state index is -0.249. The van der Waals surface area contributed by atoms with Crippen LogP contribution in [0.2, 0.25) is 0 Å². The third-order valence-electron chi connectivity index (χ3n) is 3.79. The monoisotopic (exact) mass is 292 g/mol. The SMILES string of the molecule is COCCNCc1c(C)nn(CCCC(C)(C)C#N)c1C. The number of ether oxygens (including phenoxy) is 1. The molecule has 0 atom stereocenters. The van der Waals surface area contributed by atoms with E-state index >= 15 is 0 Å². The lowest BCUT2D eigenvalue weighted by Crippen LogP contribution is -2.19. The molecule has 0 aromatic carbocycles. The first kappa shape index (κ1) is 17.7. The standard InChI is InChI=1S/C16H28N4O/c1-13-15(11-18-8-10-21-5)14(2)20(19-13)9-6-7-16(3,4)12-17/h18H,6-11H2,1-5H3. The van der Waals surface area contributed by atoms with Gasteiger partial charge < -0.3 is 10.1 Å². The Morgan fingerprint density at radius 1 is 1.38 bits per heavy atom. The number of aryl methyl sites for hydroxylation is 2. The van der Waals surface area contributed by atoms with Gasteiger partial charge in [-0.25, -0.2) is 0 Å². The summed E-state index contributed by atoms with van der Waals surface area (Å²) in [5.41, 5.74) is 3.32. The molecule has 0 bridgehead atoms. The van der Waals surface area contributed by atoms with Crippen molar-refractivity contribution in [1.29, 1.82) is 5.26 Å². The summed E-state index contributed by atoms with van der Waals surface area (Å²) in [6.07, 6.45) is 1.86. The van der Waals surface area contributed by atoms with Gasteiger partial charge >= 0.3 is 0 Å². The number of nitrogens with one attached hydrogen (secondary N) is 1. The molecular weight excluding hydrogens is 264 g/mol. The molecular formula is C16H28N4O. The Balaban J connectivity index is 2.55. The molecule has 1 aromatic heterocycles. The lowest BCUT2D eigenvalue weighted by molar-refractivity contribution is 0.199. The molecule has 1 rings (SSSR count). The van der Waals surface area contributed by atoms with Crippen molar-refractivity contribution < 1.29 is 4.74 Å². The summed E-state index contributed by atoms with van der Waals surface area (Å²) in [6, 6.07) is 2.35. The molecule has 21 heavy (non-hydrogen) atoms. The first-order valence-electron chi connectivity index (χ1n) is 7.55. The van der Waals surface area contributed by atoms with Crippen molar-refractivity contribution in [3.05, 3.63) is 17.0 Å². The Hall–Kier alpha value is -1.38. The van der Waals surface area contributed by atoms with Gasteiger partial charge in [-0.05, 0) is 40.5 Å². The van der Waals surface area contributed by atoms with E-state index in [1.54, 1.807) is 7.11 Å². The van der Waals surface area contributed by atoms with E-state index in [0.29, 0.717) is 0 Å². The molecule has 0 fully saturated rings. The summed E-state index contributed by atoms with van der Waals surface area (Å²) in [7, 11) is 1.71. The lowest BCUT2D eigenvalue weighted by atomic mass is 9.90. The number of nitrogens with zero attached hydrogens (tertiary/aromatic N) is 3. The Morgan fingerprint density at radius 3 is 2.71 bits per heavy atom. The third kappa shape index (κ3) is 5.49. The second-order valence-corrected chi connectivity index (χ2v) is 6.14. The summed E-state index contributed by atoms with van der Waals surface area (Å²) in [5.74, 6) is 0. The molecule has 0 saturated carbocycles. The first-order chi connectivity index (χ1) is 9.91. The van der Waals surface area contributed by atoms with Gasteiger partial charge in [0.1, 0.15) is 0 Å². The zero-order chi connectivity index (χ0) is 15.9. The minimum absolute atomic E-state index is 0.249. The van der Waals surface area contributed by atoms with Gasteiger partial charge in [0.25, 0.3) is 0 Å². The summed E-state index contributed by atoms with van der Waals surface area (Å²) in [4.78, 5) is 0. The van der Waals surface area contributed by atoms with Gasteiger partial charge in [0.2, 0.25) is 0 Å². The summed E-state index contributed by atoms with van der Waals surface area (Å²) < 4.78 is 7.10. The zero-order valence-electron chi connectivity index (χ0n) is 14.0. The van der Waals surface area contributed by atoms with E-state index in [1.807, 2.05) is 13.8 Å². The fourth-order valence-electron chi connectivity index (χ4n) is 2.32. The lowest BCUT2D eigenvalue weighted by Gasteiger charge is -2.14. The van der Waals surface area contributed by atoms with Crippen LogP contribution in [-0.2, 0) is 17.8 Å². The number of aromatic nitrogens is 2. The smallest absolute Gasteiger partial charge is 0.0683 e. The topological polar surface area (TPSA) is 62.9 Å². The van der Waals surface area contributed by atoms with E-state index in [1.165, 1.54) is 11.3 Å². The Morgan fingerprint density at radius 2 is 2.10 bits per heavy atom. The average Bonchev–Trinajstić information content (AvgIpc) is 2.70. The van der Waals surface area contributed by atoms with E-state index in [9.17, 15) is 0 Å². The summed E-state index contributed by atoms with van der Waals surface area (Å²) in [6.45, 7) is 11.4. The van der Waals surface area contributed by atoms with Crippen molar-refractivity contribution in [2.24, 2.45) is 5.41 Å². The highest BCUT2D eigenvalue weighted by atomic mass is 16.5. The Kier molecular flexibility index (Phi) is 6.86. The quantitative estimate of drug-likeness (QED) is 0.711. The highest BCUT2D eigenvalue weighted by Gasteiger charge is 2.17. The highest BCUT2D eigenvalue weighted by molar-refractivity contribution is 5.24. The van der Waals surface area contributed by atoms with Crippen LogP contribution >= 0.6 is 0 Å². The molecule has 5 nitrogen and oxygen atoms in total. The largest absolute Gasteiger partial charge is 0.383 e. The number of methoxy groups -OCH3 is 1. The van der Waals surface area contributed by atoms with Crippen LogP contribution in [0.5, 0.6) is 0 Å². The van der Waals surface area contributed by atoms with Gasteiger partial charge in [0.15, 0.2) is 0 Å². The van der Waals surface area contributed by atoms with Crippen LogP contribution in [0, 0.1) is 30.6 Å². The van der Waals surface area contributed by atoms with Gasteiger partial charge in [-0.3, -0.25) is 4.68 Å². The summed E-state index contributed by atoms with van der Waals surface area (Å²) >= 11 is 0. The number of hydrogen-bond donors (Lipinski definition) is 1. The van der Waals surface area contributed by atoms with E-state index in [-0.39, 0.29) is 5.41 Å². The number of hydrogen-bond acceptors (Lipinski definition) is 4. The molecule has 0 aliphatic rings. The van der Waals surface area contributed by atoms with Gasteiger partial charge in [-0.15, -0.1) is 0 Å². The van der Waals surface area contributed by atoms with Crippen LogP contribution < -0.4 is 5.32 Å². The van der Waals surface area contributed by atoms with E-state index in [0.717, 1.165) is 44.8 Å². The fraction of sp³-hybridized carbons (Fsp3) is 0.750. The van der Waals surface area contributed by atoms with Crippen molar-refractivity contribution >= 4 is 0 Å². The van der Waals surface area contributed by atoms with Gasteiger partial charge in [-0.1, -0.05) is 0 Å². The number of rotatable bonds is 9. The highest BCUT2D eigenvalue weighted by Crippen LogP contribution is 2.22. The van der Waals surface area contributed by atoms with Crippen molar-refractivity contribution in [3.63, 3.8) is 0 Å². The molecule has 0 unspecified atom stereocenters. The Bertz CT molecular complexity index is 485. The van der Waals surface area contributed by atoms with Crippen molar-refractivity contribution in [3.8, 4) is 6.07 Å². The van der Waals surface area contributed by atoms with Crippen LogP contribution in [0.4, 0.5) is 0 Å². The number of nitriles is 1. The second kappa shape index (κ2) is 8.16. The van der Waals surface area contributed by atoms with Crippen LogP contribution in [0.15, 0.2) is 0 Å². The zero-order valence-corrected chi connectivity index (χ0v) is 14.0. The van der Waals surface area contributed by atoms with E-state index < -0.39 is 0 Å². The molecule has 0 amide bonds. The molecule has 1 aromatic rings. The normalized spacial score (nSPS) is 11.6. The molecule has 118 valence electrons. The maximum Gasteiger partial charge on any atom is 0.0683 e. The van der Waals surface area contributed by atoms with Crippen LogP contribution in [0.1, 0.15) is 43.6 Å². The molecule has 0 aliphatic heterocycles. The van der Waals surface area contributed by atoms with E-state index in [4.69, 9.17) is 10.00 Å². The second-order valence-electron chi connectivity index (χ2n) is 6.14. The maximum absolute atomic E-state index is 9.04. The summed E-state index contributed by atoms with van der Waals surface area (Å²) in [5, 5.41) is 17.0. The predicted molar refractivity (Wildman–Crippen MR) is 83.9 cm³/mol. The molecule has 0 aliphatic carbocycles. The third-order valence-corrected chi connectivity index (χ3v) is 3.79. The molecule has 1 heterocycles. The molecule has 1 N–H and O–H groups in total. The molecule has 0 radical (unpaired) electrons. The molecule has 0 saturated heterocycles. The fourth-order valence-corrected chi connectivity index (χ4v) is 2.32. The Labute approximate surface area is 128 Å². The van der Waals surface area contributed by atoms with Gasteiger partial charge in [0, 0.05) is 38.0 Å². The van der Waals surface area contributed by atoms with Crippen molar-refractivity contribution in [2.75, 3.05) is 20.3 Å². The van der Waals surface area contributed by atoms with Crippen LogP contribution in [0.25, 0.3) is 0 Å². The average molecular weight is 292 g/mol. The van der Waals surface area contributed by atoms with Gasteiger partial charge in [0.05, 0.1) is 23.8 Å². The van der Waals surface area contributed by atoms with Gasteiger partial charge in [-0.2, -0.15) is 10.4 Å². The predicted octanol–water partition coefficient (Wildman–Crippen LogP) is 2.57. The van der Waals surface area contributed by atoms with Crippen LogP contribution in [0.3, 0.4) is 0 Å².